The van der Waals surface area contributed by atoms with E-state index in [2.05, 4.69) is 67.0 Å². The van der Waals surface area contributed by atoms with Gasteiger partial charge in [-0.05, 0) is 38.1 Å². The molecule has 0 radical (unpaired) electrons. The van der Waals surface area contributed by atoms with Crippen molar-refractivity contribution in [2.24, 2.45) is 0 Å². The number of nitrogens with one attached hydrogen (secondary N) is 1. The first-order valence-corrected chi connectivity index (χ1v) is 8.86. The molecule has 0 aromatic heterocycles. The fourth-order valence-corrected chi connectivity index (χ4v) is 3.75. The fraction of sp³-hybridized carbons (Fsp3) is 0.647. The van der Waals surface area contributed by atoms with Crippen LogP contribution in [0.4, 0.5) is 0 Å². The summed E-state index contributed by atoms with van der Waals surface area (Å²) in [5.41, 5.74) is 1.30. The van der Waals surface area contributed by atoms with Crippen molar-refractivity contribution in [3.63, 3.8) is 0 Å². The maximum atomic E-state index is 5.87. The summed E-state index contributed by atoms with van der Waals surface area (Å²) in [7, 11) is 0. The van der Waals surface area contributed by atoms with Gasteiger partial charge < -0.3 is 10.1 Å². The van der Waals surface area contributed by atoms with Crippen molar-refractivity contribution in [3.8, 4) is 5.75 Å². The molecule has 0 atom stereocenters. The van der Waals surface area contributed by atoms with Crippen molar-refractivity contribution in [2.45, 2.75) is 32.1 Å². The van der Waals surface area contributed by atoms with E-state index in [9.17, 15) is 0 Å². The second kappa shape index (κ2) is 8.06. The maximum absolute atomic E-state index is 5.87. The predicted octanol–water partition coefficient (Wildman–Crippen LogP) is 3.00. The van der Waals surface area contributed by atoms with Crippen molar-refractivity contribution in [3.05, 3.63) is 29.8 Å². The molecule has 1 aliphatic heterocycles. The Morgan fingerprint density at radius 3 is 2.71 bits per heavy atom. The van der Waals surface area contributed by atoms with Gasteiger partial charge in [-0.15, -0.1) is 0 Å². The summed E-state index contributed by atoms with van der Waals surface area (Å²) in [6.07, 6.45) is 0. The highest BCUT2D eigenvalue weighted by atomic mass is 32.2. The Kier molecular flexibility index (Phi) is 6.40. The Morgan fingerprint density at radius 1 is 1.29 bits per heavy atom. The van der Waals surface area contributed by atoms with Crippen LogP contribution in [0, 0.1) is 0 Å². The first-order valence-electron chi connectivity index (χ1n) is 7.88. The summed E-state index contributed by atoms with van der Waals surface area (Å²) in [4.78, 5) is 2.51. The Balaban J connectivity index is 1.70. The summed E-state index contributed by atoms with van der Waals surface area (Å²) in [5.74, 6) is 2.20. The van der Waals surface area contributed by atoms with Crippen molar-refractivity contribution >= 4 is 11.8 Å². The average molecular weight is 308 g/mol. The molecule has 0 aliphatic carbocycles. The molecule has 1 N–H and O–H groups in total. The number of rotatable bonds is 7. The summed E-state index contributed by atoms with van der Waals surface area (Å²) in [5, 5.41) is 3.33. The van der Waals surface area contributed by atoms with Gasteiger partial charge in [0.2, 0.25) is 0 Å². The molecule has 118 valence electrons. The topological polar surface area (TPSA) is 24.5 Å². The summed E-state index contributed by atoms with van der Waals surface area (Å²) < 4.78 is 6.25. The predicted molar refractivity (Wildman–Crippen MR) is 92.3 cm³/mol. The highest BCUT2D eigenvalue weighted by Gasteiger charge is 2.26. The minimum Gasteiger partial charge on any atom is -0.492 e. The second-order valence-electron chi connectivity index (χ2n) is 6.16. The quantitative estimate of drug-likeness (QED) is 0.837. The number of hydrogen-bond acceptors (Lipinski definition) is 4. The van der Waals surface area contributed by atoms with Crippen LogP contribution in [0.2, 0.25) is 0 Å². The summed E-state index contributed by atoms with van der Waals surface area (Å²) in [6.45, 7) is 12.8. The molecule has 0 amide bonds. The normalized spacial score (nSPS) is 18.6. The van der Waals surface area contributed by atoms with Crippen LogP contribution in [0.25, 0.3) is 0 Å². The largest absolute Gasteiger partial charge is 0.492 e. The zero-order valence-electron chi connectivity index (χ0n) is 13.5. The molecule has 4 heteroatoms. The molecule has 0 unspecified atom stereocenters. The lowest BCUT2D eigenvalue weighted by molar-refractivity contribution is 0.202. The van der Waals surface area contributed by atoms with E-state index in [-0.39, 0.29) is 0 Å². The van der Waals surface area contributed by atoms with Gasteiger partial charge in [0.25, 0.3) is 0 Å². The Labute approximate surface area is 133 Å². The average Bonchev–Trinajstić information content (AvgIpc) is 2.45. The second-order valence-corrected chi connectivity index (χ2v) is 7.96. The van der Waals surface area contributed by atoms with Crippen LogP contribution in [0.5, 0.6) is 5.75 Å². The number of thioether (sulfide) groups is 1. The monoisotopic (exact) mass is 308 g/mol. The summed E-state index contributed by atoms with van der Waals surface area (Å²) in [6, 6.07) is 8.42. The number of ether oxygens (including phenoxy) is 1. The van der Waals surface area contributed by atoms with Crippen molar-refractivity contribution < 1.29 is 4.74 Å². The van der Waals surface area contributed by atoms with Crippen LogP contribution in [-0.2, 0) is 6.54 Å². The molecular formula is C17H28N2OS. The highest BCUT2D eigenvalue weighted by molar-refractivity contribution is 8.00. The SMILES string of the molecule is CCNCc1ccc(OCCN2CCSC(C)(C)C2)cc1. The van der Waals surface area contributed by atoms with Gasteiger partial charge in [0.05, 0.1) is 0 Å². The van der Waals surface area contributed by atoms with E-state index in [1.54, 1.807) is 0 Å². The molecule has 1 aromatic rings. The van der Waals surface area contributed by atoms with Gasteiger partial charge >= 0.3 is 0 Å². The summed E-state index contributed by atoms with van der Waals surface area (Å²) >= 11 is 2.07. The lowest BCUT2D eigenvalue weighted by Crippen LogP contribution is -2.44. The van der Waals surface area contributed by atoms with E-state index >= 15 is 0 Å². The van der Waals surface area contributed by atoms with E-state index < -0.39 is 0 Å². The van der Waals surface area contributed by atoms with Crippen molar-refractivity contribution in [1.29, 1.82) is 0 Å². The molecule has 1 heterocycles. The van der Waals surface area contributed by atoms with E-state index in [1.807, 2.05) is 0 Å². The first-order chi connectivity index (χ1) is 10.1. The van der Waals surface area contributed by atoms with Crippen LogP contribution in [0.3, 0.4) is 0 Å². The van der Waals surface area contributed by atoms with Gasteiger partial charge in [-0.3, -0.25) is 4.90 Å². The standard InChI is InChI=1S/C17H28N2OS/c1-4-18-13-15-5-7-16(8-6-15)20-11-9-19-10-12-21-17(2,3)14-19/h5-8,18H,4,9-14H2,1-3H3. The third-order valence-electron chi connectivity index (χ3n) is 3.68. The van der Waals surface area contributed by atoms with Gasteiger partial charge in [0.15, 0.2) is 0 Å². The maximum Gasteiger partial charge on any atom is 0.119 e. The molecule has 3 nitrogen and oxygen atoms in total. The number of nitrogens with zero attached hydrogens (tertiary/aromatic N) is 1. The Morgan fingerprint density at radius 2 is 2.05 bits per heavy atom. The molecule has 1 saturated heterocycles. The number of benzene rings is 1. The lowest BCUT2D eigenvalue weighted by atomic mass is 10.2. The molecule has 0 spiro atoms. The van der Waals surface area contributed by atoms with Gasteiger partial charge in [-0.1, -0.05) is 19.1 Å². The highest BCUT2D eigenvalue weighted by Crippen LogP contribution is 2.29. The van der Waals surface area contributed by atoms with E-state index in [1.165, 1.54) is 17.9 Å². The van der Waals surface area contributed by atoms with Crippen LogP contribution in [-0.4, -0.2) is 48.2 Å². The van der Waals surface area contributed by atoms with Crippen LogP contribution >= 0.6 is 11.8 Å². The van der Waals surface area contributed by atoms with Gasteiger partial charge in [-0.25, -0.2) is 0 Å². The Bertz CT molecular complexity index is 419. The van der Waals surface area contributed by atoms with Crippen molar-refractivity contribution in [1.82, 2.24) is 10.2 Å². The molecule has 2 rings (SSSR count). The molecule has 1 fully saturated rings. The zero-order valence-corrected chi connectivity index (χ0v) is 14.3. The first kappa shape index (κ1) is 16.7. The van der Waals surface area contributed by atoms with E-state index in [0.29, 0.717) is 4.75 Å². The fourth-order valence-electron chi connectivity index (χ4n) is 2.57. The lowest BCUT2D eigenvalue weighted by Gasteiger charge is -2.37. The minimum absolute atomic E-state index is 0.381. The van der Waals surface area contributed by atoms with Gasteiger partial charge in [-0.2, -0.15) is 11.8 Å². The third-order valence-corrected chi connectivity index (χ3v) is 4.98. The molecule has 21 heavy (non-hydrogen) atoms. The molecular weight excluding hydrogens is 280 g/mol. The molecule has 0 saturated carbocycles. The molecule has 1 aromatic carbocycles. The third kappa shape index (κ3) is 5.89. The van der Waals surface area contributed by atoms with Crippen LogP contribution in [0.15, 0.2) is 24.3 Å². The van der Waals surface area contributed by atoms with E-state index in [0.717, 1.165) is 38.5 Å². The number of hydrogen-bond donors (Lipinski definition) is 1. The smallest absolute Gasteiger partial charge is 0.119 e. The van der Waals surface area contributed by atoms with Crippen molar-refractivity contribution in [2.75, 3.05) is 38.5 Å². The minimum atomic E-state index is 0.381. The molecule has 1 aliphatic rings. The van der Waals surface area contributed by atoms with Gasteiger partial charge in [0, 0.05) is 36.7 Å². The van der Waals surface area contributed by atoms with E-state index in [4.69, 9.17) is 4.74 Å². The zero-order chi connectivity index (χ0) is 15.1. The van der Waals surface area contributed by atoms with Gasteiger partial charge in [0.1, 0.15) is 12.4 Å². The van der Waals surface area contributed by atoms with Crippen LogP contribution in [0.1, 0.15) is 26.3 Å². The Hall–Kier alpha value is -0.710. The molecule has 0 bridgehead atoms. The van der Waals surface area contributed by atoms with Crippen LogP contribution < -0.4 is 10.1 Å².